The topological polar surface area (TPSA) is 102 Å². The van der Waals surface area contributed by atoms with E-state index in [-0.39, 0.29) is 17.6 Å². The first-order valence-electron chi connectivity index (χ1n) is 16.1. The summed E-state index contributed by atoms with van der Waals surface area (Å²) in [4.78, 5) is 44.0. The normalized spacial score (nSPS) is 14.7. The van der Waals surface area contributed by atoms with Crippen LogP contribution in [0, 0.1) is 13.8 Å². The van der Waals surface area contributed by atoms with Gasteiger partial charge in [0.2, 0.25) is 5.91 Å². The molecule has 0 bridgehead atoms. The van der Waals surface area contributed by atoms with Crippen LogP contribution in [0.15, 0.2) is 108 Å². The maximum Gasteiger partial charge on any atom is 0.350 e. The number of rotatable bonds is 9. The van der Waals surface area contributed by atoms with Gasteiger partial charge in [-0.25, -0.2) is 18.8 Å². The first kappa shape index (κ1) is 32.5. The lowest BCUT2D eigenvalue weighted by atomic mass is 10.0. The molecule has 1 saturated heterocycles. The van der Waals surface area contributed by atoms with Crippen molar-refractivity contribution in [3.63, 3.8) is 0 Å². The van der Waals surface area contributed by atoms with Crippen LogP contribution in [0.3, 0.4) is 0 Å². The van der Waals surface area contributed by atoms with E-state index >= 15 is 0 Å². The molecule has 1 aliphatic heterocycles. The molecule has 1 N–H and O–H groups in total. The number of carbonyl (C=O) groups is 2. The van der Waals surface area contributed by atoms with Gasteiger partial charge in [0, 0.05) is 37.6 Å². The molecule has 0 spiro atoms. The number of nitrogens with one attached hydrogen (secondary N) is 1. The minimum absolute atomic E-state index is 0.165. The fraction of sp³-hybridized carbons (Fsp3) is 0.263. The number of anilines is 2. The Kier molecular flexibility index (Phi) is 9.54. The highest BCUT2D eigenvalue weighted by atomic mass is 16.5. The maximum absolute atomic E-state index is 13.9. The van der Waals surface area contributed by atoms with Crippen molar-refractivity contribution in [1.82, 2.24) is 19.2 Å². The standard InChI is InChI=1S/C38H40N6O4/c1-26-15-16-31(24-33(26)37(46)48-4)40-36(45)35(30-13-9-6-10-14-30)42-21-19-41(20-22-42)32-17-18-34(27(2)23-32)43-25-39-44(38(43)47)28(3)29-11-7-5-8-12-29/h5-18,23-25,28,35H,19-22H2,1-4H3,(H,40,45). The minimum atomic E-state index is -0.512. The van der Waals surface area contributed by atoms with E-state index < -0.39 is 12.0 Å². The van der Waals surface area contributed by atoms with E-state index in [0.29, 0.717) is 24.3 Å². The zero-order chi connectivity index (χ0) is 33.8. The second-order valence-electron chi connectivity index (χ2n) is 12.1. The van der Waals surface area contributed by atoms with Gasteiger partial charge in [0.05, 0.1) is 24.4 Å². The molecule has 5 aromatic rings. The van der Waals surface area contributed by atoms with Crippen LogP contribution in [0.1, 0.15) is 51.6 Å². The summed E-state index contributed by atoms with van der Waals surface area (Å²) < 4.78 is 8.03. The fourth-order valence-corrected chi connectivity index (χ4v) is 6.37. The number of benzene rings is 4. The first-order valence-corrected chi connectivity index (χ1v) is 16.1. The highest BCUT2D eigenvalue weighted by Gasteiger charge is 2.31. The maximum atomic E-state index is 13.9. The summed E-state index contributed by atoms with van der Waals surface area (Å²) in [5, 5.41) is 7.47. The molecule has 1 aliphatic rings. The summed E-state index contributed by atoms with van der Waals surface area (Å²) in [5.74, 6) is -0.607. The predicted molar refractivity (Wildman–Crippen MR) is 187 cm³/mol. The molecule has 246 valence electrons. The van der Waals surface area contributed by atoms with Crippen LogP contribution in [0.5, 0.6) is 0 Å². The molecule has 1 aromatic heterocycles. The van der Waals surface area contributed by atoms with E-state index in [1.807, 2.05) is 93.6 Å². The lowest BCUT2D eigenvalue weighted by Crippen LogP contribution is -2.50. The molecule has 6 rings (SSSR count). The monoisotopic (exact) mass is 644 g/mol. The number of esters is 1. The molecule has 10 heteroatoms. The SMILES string of the molecule is COC(=O)c1cc(NC(=O)C(c2ccccc2)N2CCN(c3ccc(-n4cnn(C(C)c5ccccc5)c4=O)c(C)c3)CC2)ccc1C. The summed E-state index contributed by atoms with van der Waals surface area (Å²) in [6, 6.07) is 30.3. The molecule has 1 fully saturated rings. The van der Waals surface area contributed by atoms with Crippen LogP contribution in [0.25, 0.3) is 5.69 Å². The molecule has 2 unspecified atom stereocenters. The van der Waals surface area contributed by atoms with Crippen molar-refractivity contribution in [2.75, 3.05) is 43.5 Å². The Morgan fingerprint density at radius 1 is 0.812 bits per heavy atom. The van der Waals surface area contributed by atoms with Crippen molar-refractivity contribution >= 4 is 23.3 Å². The molecule has 1 amide bonds. The third kappa shape index (κ3) is 6.65. The quantitative estimate of drug-likeness (QED) is 0.210. The fourth-order valence-electron chi connectivity index (χ4n) is 6.37. The van der Waals surface area contributed by atoms with Crippen LogP contribution >= 0.6 is 0 Å². The lowest BCUT2D eigenvalue weighted by Gasteiger charge is -2.40. The Labute approximate surface area is 280 Å². The molecule has 0 saturated carbocycles. The van der Waals surface area contributed by atoms with Crippen molar-refractivity contribution in [3.05, 3.63) is 142 Å². The van der Waals surface area contributed by atoms with E-state index in [4.69, 9.17) is 4.74 Å². The molecule has 4 aromatic carbocycles. The number of ether oxygens (including phenoxy) is 1. The number of aromatic nitrogens is 3. The van der Waals surface area contributed by atoms with Crippen LogP contribution < -0.4 is 15.9 Å². The molecule has 2 heterocycles. The molecule has 0 aliphatic carbocycles. The molecular weight excluding hydrogens is 604 g/mol. The van der Waals surface area contributed by atoms with Gasteiger partial charge < -0.3 is 15.0 Å². The second-order valence-corrected chi connectivity index (χ2v) is 12.1. The van der Waals surface area contributed by atoms with Gasteiger partial charge in [-0.2, -0.15) is 5.10 Å². The van der Waals surface area contributed by atoms with Gasteiger partial charge in [0.25, 0.3) is 0 Å². The average molecular weight is 645 g/mol. The van der Waals surface area contributed by atoms with Gasteiger partial charge >= 0.3 is 11.7 Å². The van der Waals surface area contributed by atoms with Crippen molar-refractivity contribution in [1.29, 1.82) is 0 Å². The summed E-state index contributed by atoms with van der Waals surface area (Å²) in [5.41, 5.74) is 6.29. The minimum Gasteiger partial charge on any atom is -0.465 e. The van der Waals surface area contributed by atoms with E-state index in [2.05, 4.69) is 26.3 Å². The first-order chi connectivity index (χ1) is 23.2. The van der Waals surface area contributed by atoms with Gasteiger partial charge in [-0.3, -0.25) is 9.69 Å². The number of aryl methyl sites for hydroxylation is 2. The largest absolute Gasteiger partial charge is 0.465 e. The van der Waals surface area contributed by atoms with E-state index in [1.165, 1.54) is 11.8 Å². The Hall–Kier alpha value is -5.48. The van der Waals surface area contributed by atoms with Gasteiger partial charge in [-0.1, -0.05) is 66.7 Å². The highest BCUT2D eigenvalue weighted by Crippen LogP contribution is 2.28. The lowest BCUT2D eigenvalue weighted by molar-refractivity contribution is -0.121. The van der Waals surface area contributed by atoms with Crippen molar-refractivity contribution < 1.29 is 14.3 Å². The Morgan fingerprint density at radius 2 is 1.48 bits per heavy atom. The molecular formula is C38H40N6O4. The van der Waals surface area contributed by atoms with Crippen molar-refractivity contribution in [2.24, 2.45) is 0 Å². The second kappa shape index (κ2) is 14.1. The van der Waals surface area contributed by atoms with Crippen LogP contribution in [-0.4, -0.2) is 64.4 Å². The number of methoxy groups -OCH3 is 1. The number of piperazine rings is 1. The van der Waals surface area contributed by atoms with E-state index in [0.717, 1.165) is 46.7 Å². The highest BCUT2D eigenvalue weighted by molar-refractivity contribution is 5.98. The van der Waals surface area contributed by atoms with Crippen LogP contribution in [-0.2, 0) is 9.53 Å². The zero-order valence-corrected chi connectivity index (χ0v) is 27.7. The average Bonchev–Trinajstić information content (AvgIpc) is 3.50. The van der Waals surface area contributed by atoms with E-state index in [9.17, 15) is 14.4 Å². The molecule has 0 radical (unpaired) electrons. The van der Waals surface area contributed by atoms with Gasteiger partial charge in [-0.05, 0) is 73.4 Å². The summed E-state index contributed by atoms with van der Waals surface area (Å²) in [6.45, 7) is 8.58. The third-order valence-electron chi connectivity index (χ3n) is 9.10. The Bertz CT molecular complexity index is 1960. The molecule has 2 atom stereocenters. The Morgan fingerprint density at radius 3 is 2.12 bits per heavy atom. The van der Waals surface area contributed by atoms with Gasteiger partial charge in [0.1, 0.15) is 12.4 Å². The van der Waals surface area contributed by atoms with Gasteiger partial charge in [0.15, 0.2) is 0 Å². The number of amides is 1. The summed E-state index contributed by atoms with van der Waals surface area (Å²) in [6.07, 6.45) is 1.59. The summed E-state index contributed by atoms with van der Waals surface area (Å²) in [7, 11) is 1.35. The third-order valence-corrected chi connectivity index (χ3v) is 9.10. The molecule has 10 nitrogen and oxygen atoms in total. The van der Waals surface area contributed by atoms with Crippen LogP contribution in [0.4, 0.5) is 11.4 Å². The number of hydrogen-bond donors (Lipinski definition) is 1. The zero-order valence-electron chi connectivity index (χ0n) is 27.7. The smallest absolute Gasteiger partial charge is 0.350 e. The number of nitrogens with zero attached hydrogens (tertiary/aromatic N) is 5. The number of hydrogen-bond acceptors (Lipinski definition) is 7. The van der Waals surface area contributed by atoms with Crippen molar-refractivity contribution in [2.45, 2.75) is 32.9 Å². The molecule has 48 heavy (non-hydrogen) atoms. The van der Waals surface area contributed by atoms with Crippen LogP contribution in [0.2, 0.25) is 0 Å². The van der Waals surface area contributed by atoms with Gasteiger partial charge in [-0.15, -0.1) is 0 Å². The predicted octanol–water partition coefficient (Wildman–Crippen LogP) is 5.55. The Balaban J connectivity index is 1.17. The van der Waals surface area contributed by atoms with Crippen molar-refractivity contribution in [3.8, 4) is 5.69 Å². The van der Waals surface area contributed by atoms with E-state index in [1.54, 1.807) is 29.1 Å². The summed E-state index contributed by atoms with van der Waals surface area (Å²) >= 11 is 0. The number of carbonyl (C=O) groups excluding carboxylic acids is 2.